The monoisotopic (exact) mass is 240 g/mol. The highest BCUT2D eigenvalue weighted by atomic mass is 16.6. The van der Waals surface area contributed by atoms with Gasteiger partial charge in [0.2, 0.25) is 0 Å². The van der Waals surface area contributed by atoms with E-state index in [0.29, 0.717) is 5.76 Å². The molecule has 0 saturated carbocycles. The second kappa shape index (κ2) is 5.23. The van der Waals surface area contributed by atoms with Gasteiger partial charge in [0.15, 0.2) is 0 Å². The largest absolute Gasteiger partial charge is 0.464 e. The lowest BCUT2D eigenvalue weighted by atomic mass is 10.2. The Kier molecular flexibility index (Phi) is 4.17. The number of carbonyl (C=O) groups excluding carboxylic acids is 1. The van der Waals surface area contributed by atoms with Crippen molar-refractivity contribution < 1.29 is 13.9 Å². The van der Waals surface area contributed by atoms with Crippen LogP contribution in [0.25, 0.3) is 0 Å². The van der Waals surface area contributed by atoms with E-state index in [9.17, 15) is 4.79 Å². The van der Waals surface area contributed by atoms with E-state index in [2.05, 4.69) is 5.32 Å². The Bertz CT molecular complexity index is 379. The summed E-state index contributed by atoms with van der Waals surface area (Å²) in [5.74, 6) is 1.42. The van der Waals surface area contributed by atoms with Gasteiger partial charge in [-0.1, -0.05) is 0 Å². The zero-order valence-electron chi connectivity index (χ0n) is 10.7. The van der Waals surface area contributed by atoms with Crippen molar-refractivity contribution in [3.63, 3.8) is 0 Å². The van der Waals surface area contributed by atoms with Gasteiger partial charge in [-0.25, -0.2) is 4.79 Å². The smallest absolute Gasteiger partial charge is 0.408 e. The van der Waals surface area contributed by atoms with Crippen LogP contribution in [0.2, 0.25) is 0 Å². The van der Waals surface area contributed by atoms with Crippen molar-refractivity contribution in [3.8, 4) is 0 Å². The number of rotatable bonds is 3. The molecule has 0 aromatic carbocycles. The van der Waals surface area contributed by atoms with E-state index < -0.39 is 11.7 Å². The topological polar surface area (TPSA) is 77.5 Å². The molecule has 0 saturated heterocycles. The highest BCUT2D eigenvalue weighted by Crippen LogP contribution is 2.16. The van der Waals surface area contributed by atoms with Crippen LogP contribution >= 0.6 is 0 Å². The molecule has 0 spiro atoms. The minimum Gasteiger partial charge on any atom is -0.464 e. The summed E-state index contributed by atoms with van der Waals surface area (Å²) in [6.07, 6.45) is -0.498. The second-order valence-electron chi connectivity index (χ2n) is 4.88. The number of aryl methyl sites for hydroxylation is 1. The van der Waals surface area contributed by atoms with Crippen LogP contribution in [0.1, 0.15) is 38.3 Å². The van der Waals surface area contributed by atoms with Crippen LogP contribution < -0.4 is 11.1 Å². The van der Waals surface area contributed by atoms with Crippen LogP contribution in [-0.4, -0.2) is 18.2 Å². The van der Waals surface area contributed by atoms with Gasteiger partial charge in [-0.3, -0.25) is 0 Å². The van der Waals surface area contributed by atoms with Crippen LogP contribution in [0, 0.1) is 6.92 Å². The number of alkyl carbamates (subject to hydrolysis) is 1. The lowest BCUT2D eigenvalue weighted by molar-refractivity contribution is 0.0499. The van der Waals surface area contributed by atoms with Crippen molar-refractivity contribution in [2.24, 2.45) is 5.73 Å². The van der Waals surface area contributed by atoms with Crippen LogP contribution in [0.5, 0.6) is 0 Å². The fourth-order valence-corrected chi connectivity index (χ4v) is 1.34. The quantitative estimate of drug-likeness (QED) is 0.848. The Morgan fingerprint density at radius 2 is 2.18 bits per heavy atom. The van der Waals surface area contributed by atoms with E-state index in [4.69, 9.17) is 14.9 Å². The summed E-state index contributed by atoms with van der Waals surface area (Å²) >= 11 is 0. The molecule has 5 heteroatoms. The molecule has 1 aromatic rings. The zero-order chi connectivity index (χ0) is 13.1. The van der Waals surface area contributed by atoms with E-state index in [1.54, 1.807) is 26.8 Å². The van der Waals surface area contributed by atoms with E-state index in [1.807, 2.05) is 13.0 Å². The van der Waals surface area contributed by atoms with Gasteiger partial charge in [0.05, 0.1) is 0 Å². The Morgan fingerprint density at radius 1 is 1.53 bits per heavy atom. The third kappa shape index (κ3) is 4.48. The molecule has 1 aromatic heterocycles. The molecule has 1 unspecified atom stereocenters. The number of hydrogen-bond donors (Lipinski definition) is 2. The highest BCUT2D eigenvalue weighted by Gasteiger charge is 2.21. The second-order valence-corrected chi connectivity index (χ2v) is 4.88. The fraction of sp³-hybridized carbons (Fsp3) is 0.583. The molecule has 1 heterocycles. The van der Waals surface area contributed by atoms with Crippen LogP contribution in [0.4, 0.5) is 4.79 Å². The maximum Gasteiger partial charge on any atom is 0.408 e. The predicted molar refractivity (Wildman–Crippen MR) is 64.6 cm³/mol. The van der Waals surface area contributed by atoms with Gasteiger partial charge in [-0.15, -0.1) is 0 Å². The minimum absolute atomic E-state index is 0.256. The first-order chi connectivity index (χ1) is 7.81. The first-order valence-electron chi connectivity index (χ1n) is 5.58. The summed E-state index contributed by atoms with van der Waals surface area (Å²) in [7, 11) is 0. The molecule has 96 valence electrons. The molecule has 0 fully saturated rings. The molecule has 1 rings (SSSR count). The maximum absolute atomic E-state index is 11.6. The van der Waals surface area contributed by atoms with Crippen molar-refractivity contribution in [2.45, 2.75) is 39.3 Å². The summed E-state index contributed by atoms with van der Waals surface area (Å²) < 4.78 is 10.6. The molecular formula is C12H20N2O3. The van der Waals surface area contributed by atoms with Crippen molar-refractivity contribution in [3.05, 3.63) is 23.7 Å². The third-order valence-corrected chi connectivity index (χ3v) is 2.03. The van der Waals surface area contributed by atoms with Crippen molar-refractivity contribution >= 4 is 6.09 Å². The maximum atomic E-state index is 11.6. The summed E-state index contributed by atoms with van der Waals surface area (Å²) in [4.78, 5) is 11.6. The van der Waals surface area contributed by atoms with E-state index in [-0.39, 0.29) is 12.6 Å². The lowest BCUT2D eigenvalue weighted by Crippen LogP contribution is -2.37. The molecule has 17 heavy (non-hydrogen) atoms. The Morgan fingerprint density at radius 3 is 2.59 bits per heavy atom. The highest BCUT2D eigenvalue weighted by molar-refractivity contribution is 5.68. The first kappa shape index (κ1) is 13.6. The SMILES string of the molecule is Cc1ccc(C(CN)NC(=O)OC(C)(C)C)o1. The molecule has 0 aliphatic heterocycles. The summed E-state index contributed by atoms with van der Waals surface area (Å²) in [5, 5.41) is 2.67. The van der Waals surface area contributed by atoms with Crippen LogP contribution in [0.15, 0.2) is 16.5 Å². The van der Waals surface area contributed by atoms with E-state index >= 15 is 0 Å². The molecule has 0 radical (unpaired) electrons. The number of ether oxygens (including phenoxy) is 1. The lowest BCUT2D eigenvalue weighted by Gasteiger charge is -2.22. The average molecular weight is 240 g/mol. The molecule has 0 aliphatic rings. The van der Waals surface area contributed by atoms with Crippen molar-refractivity contribution in [1.29, 1.82) is 0 Å². The van der Waals surface area contributed by atoms with E-state index in [0.717, 1.165) is 5.76 Å². The minimum atomic E-state index is -0.525. The fourth-order valence-electron chi connectivity index (χ4n) is 1.34. The van der Waals surface area contributed by atoms with Gasteiger partial charge in [0, 0.05) is 6.54 Å². The molecule has 1 atom stereocenters. The third-order valence-electron chi connectivity index (χ3n) is 2.03. The normalized spacial score (nSPS) is 13.2. The standard InChI is InChI=1S/C12H20N2O3/c1-8-5-6-10(16-8)9(7-13)14-11(15)17-12(2,3)4/h5-6,9H,7,13H2,1-4H3,(H,14,15). The van der Waals surface area contributed by atoms with Gasteiger partial charge in [0.1, 0.15) is 23.2 Å². The Hall–Kier alpha value is -1.49. The number of carbonyl (C=O) groups is 1. The Balaban J connectivity index is 2.62. The Labute approximate surface area is 101 Å². The van der Waals surface area contributed by atoms with Gasteiger partial charge >= 0.3 is 6.09 Å². The molecule has 0 aliphatic carbocycles. The predicted octanol–water partition coefficient (Wildman–Crippen LogP) is 2.11. The van der Waals surface area contributed by atoms with Gasteiger partial charge in [-0.05, 0) is 39.8 Å². The van der Waals surface area contributed by atoms with E-state index in [1.165, 1.54) is 0 Å². The van der Waals surface area contributed by atoms with Gasteiger partial charge in [0.25, 0.3) is 0 Å². The van der Waals surface area contributed by atoms with Crippen molar-refractivity contribution in [1.82, 2.24) is 5.32 Å². The van der Waals surface area contributed by atoms with Gasteiger partial charge in [-0.2, -0.15) is 0 Å². The van der Waals surface area contributed by atoms with Crippen LogP contribution in [0.3, 0.4) is 0 Å². The number of amides is 1. The molecular weight excluding hydrogens is 220 g/mol. The van der Waals surface area contributed by atoms with Crippen LogP contribution in [-0.2, 0) is 4.74 Å². The molecule has 0 bridgehead atoms. The number of hydrogen-bond acceptors (Lipinski definition) is 4. The summed E-state index contributed by atoms with van der Waals surface area (Å²) in [6, 6.07) is 3.26. The first-order valence-corrected chi connectivity index (χ1v) is 5.58. The number of nitrogens with one attached hydrogen (secondary N) is 1. The van der Waals surface area contributed by atoms with Crippen molar-refractivity contribution in [2.75, 3.05) is 6.54 Å². The zero-order valence-corrected chi connectivity index (χ0v) is 10.7. The number of nitrogens with two attached hydrogens (primary N) is 1. The molecule has 5 nitrogen and oxygen atoms in total. The summed E-state index contributed by atoms with van der Waals surface area (Å²) in [5.41, 5.74) is 5.07. The molecule has 3 N–H and O–H groups in total. The molecule has 1 amide bonds. The number of furan rings is 1. The average Bonchev–Trinajstić information content (AvgIpc) is 2.58. The van der Waals surface area contributed by atoms with Gasteiger partial charge < -0.3 is 20.2 Å². The summed E-state index contributed by atoms with van der Waals surface area (Å²) in [6.45, 7) is 7.51.